The highest BCUT2D eigenvalue weighted by molar-refractivity contribution is 7.92. The molecule has 0 saturated carbocycles. The molecular weight excluding hydrogens is 344 g/mol. The minimum Gasteiger partial charge on any atom is -0.495 e. The van der Waals surface area contributed by atoms with Crippen LogP contribution in [0.25, 0.3) is 10.2 Å². The number of fused-ring (bicyclic) bond motifs is 1. The van der Waals surface area contributed by atoms with E-state index in [1.807, 2.05) is 0 Å². The number of aromatic nitrogens is 1. The second-order valence-electron chi connectivity index (χ2n) is 4.44. The SMILES string of the molecule is COc1ccc(Cl)cc1S(=O)(=O)Nc1ccc2ncsc2c1. The van der Waals surface area contributed by atoms with Crippen molar-refractivity contribution in [3.63, 3.8) is 0 Å². The van der Waals surface area contributed by atoms with Gasteiger partial charge in [-0.1, -0.05) is 11.6 Å². The highest BCUT2D eigenvalue weighted by atomic mass is 35.5. The van der Waals surface area contributed by atoms with Crippen molar-refractivity contribution in [3.05, 3.63) is 46.9 Å². The normalized spacial score (nSPS) is 11.5. The van der Waals surface area contributed by atoms with E-state index in [9.17, 15) is 8.42 Å². The molecule has 0 aliphatic rings. The Morgan fingerprint density at radius 3 is 2.82 bits per heavy atom. The molecule has 1 N–H and O–H groups in total. The lowest BCUT2D eigenvalue weighted by Gasteiger charge is -2.12. The van der Waals surface area contributed by atoms with Crippen LogP contribution in [0.4, 0.5) is 5.69 Å². The van der Waals surface area contributed by atoms with E-state index in [4.69, 9.17) is 16.3 Å². The fourth-order valence-electron chi connectivity index (χ4n) is 1.99. The third-order valence-electron chi connectivity index (χ3n) is 3.00. The molecule has 0 atom stereocenters. The van der Waals surface area contributed by atoms with E-state index in [-0.39, 0.29) is 10.6 Å². The van der Waals surface area contributed by atoms with Gasteiger partial charge >= 0.3 is 0 Å². The van der Waals surface area contributed by atoms with Crippen LogP contribution in [0.15, 0.2) is 46.8 Å². The van der Waals surface area contributed by atoms with Crippen molar-refractivity contribution in [1.29, 1.82) is 0 Å². The summed E-state index contributed by atoms with van der Waals surface area (Å²) in [5.41, 5.74) is 3.00. The number of ether oxygens (including phenoxy) is 1. The van der Waals surface area contributed by atoms with Gasteiger partial charge in [-0.2, -0.15) is 0 Å². The molecule has 0 fully saturated rings. The zero-order valence-electron chi connectivity index (χ0n) is 11.4. The van der Waals surface area contributed by atoms with Crippen molar-refractivity contribution in [2.75, 3.05) is 11.8 Å². The molecular formula is C14H11ClN2O3S2. The first-order valence-electron chi connectivity index (χ1n) is 6.19. The van der Waals surface area contributed by atoms with Gasteiger partial charge in [-0.3, -0.25) is 4.72 Å². The van der Waals surface area contributed by atoms with E-state index in [1.54, 1.807) is 29.8 Å². The molecule has 0 saturated heterocycles. The Bertz CT molecular complexity index is 938. The van der Waals surface area contributed by atoms with Crippen LogP contribution in [-0.2, 0) is 10.0 Å². The Kier molecular flexibility index (Phi) is 3.94. The van der Waals surface area contributed by atoms with E-state index in [0.29, 0.717) is 10.7 Å². The van der Waals surface area contributed by atoms with Crippen molar-refractivity contribution in [3.8, 4) is 5.75 Å². The van der Waals surface area contributed by atoms with Crippen LogP contribution in [0.5, 0.6) is 5.75 Å². The lowest BCUT2D eigenvalue weighted by molar-refractivity contribution is 0.403. The number of benzene rings is 2. The summed E-state index contributed by atoms with van der Waals surface area (Å²) in [4.78, 5) is 4.15. The number of hydrogen-bond acceptors (Lipinski definition) is 5. The number of methoxy groups -OCH3 is 1. The van der Waals surface area contributed by atoms with E-state index in [0.717, 1.165) is 10.2 Å². The van der Waals surface area contributed by atoms with E-state index in [2.05, 4.69) is 9.71 Å². The van der Waals surface area contributed by atoms with Gasteiger partial charge in [0.05, 0.1) is 28.5 Å². The Morgan fingerprint density at radius 2 is 2.05 bits per heavy atom. The molecule has 0 aliphatic heterocycles. The summed E-state index contributed by atoms with van der Waals surface area (Å²) in [5.74, 6) is 0.232. The molecule has 0 aliphatic carbocycles. The van der Waals surface area contributed by atoms with Crippen molar-refractivity contribution in [2.24, 2.45) is 0 Å². The summed E-state index contributed by atoms with van der Waals surface area (Å²) in [6.45, 7) is 0. The lowest BCUT2D eigenvalue weighted by Crippen LogP contribution is -2.14. The van der Waals surface area contributed by atoms with Gasteiger partial charge in [-0.15, -0.1) is 11.3 Å². The van der Waals surface area contributed by atoms with Gasteiger partial charge < -0.3 is 4.74 Å². The molecule has 0 amide bonds. The van der Waals surface area contributed by atoms with Gasteiger partial charge in [-0.25, -0.2) is 13.4 Å². The Hall–Kier alpha value is -1.83. The number of thiazole rings is 1. The third-order valence-corrected chi connectivity index (χ3v) is 5.43. The minimum absolute atomic E-state index is 0.00750. The molecule has 8 heteroatoms. The second kappa shape index (κ2) is 5.75. The van der Waals surface area contributed by atoms with Gasteiger partial charge in [0.2, 0.25) is 0 Å². The average Bonchev–Trinajstić information content (AvgIpc) is 2.94. The maximum Gasteiger partial charge on any atom is 0.265 e. The monoisotopic (exact) mass is 354 g/mol. The van der Waals surface area contributed by atoms with E-state index < -0.39 is 10.0 Å². The Labute approximate surface area is 136 Å². The molecule has 5 nitrogen and oxygen atoms in total. The van der Waals surface area contributed by atoms with Crippen LogP contribution in [0.1, 0.15) is 0 Å². The van der Waals surface area contributed by atoms with Gasteiger partial charge in [-0.05, 0) is 36.4 Å². The summed E-state index contributed by atoms with van der Waals surface area (Å²) >= 11 is 7.33. The molecule has 0 unspecified atom stereocenters. The highest BCUT2D eigenvalue weighted by Gasteiger charge is 2.20. The molecule has 2 aromatic carbocycles. The Balaban J connectivity index is 2.01. The van der Waals surface area contributed by atoms with Crippen LogP contribution < -0.4 is 9.46 Å². The summed E-state index contributed by atoms with van der Waals surface area (Å²) in [5, 5.41) is 0.319. The summed E-state index contributed by atoms with van der Waals surface area (Å²) in [7, 11) is -2.40. The summed E-state index contributed by atoms with van der Waals surface area (Å²) in [6.07, 6.45) is 0. The van der Waals surface area contributed by atoms with Crippen molar-refractivity contribution >= 4 is 48.9 Å². The molecule has 0 radical (unpaired) electrons. The molecule has 22 heavy (non-hydrogen) atoms. The largest absolute Gasteiger partial charge is 0.495 e. The van der Waals surface area contributed by atoms with Crippen LogP contribution >= 0.6 is 22.9 Å². The number of hydrogen-bond donors (Lipinski definition) is 1. The number of nitrogens with one attached hydrogen (secondary N) is 1. The van der Waals surface area contributed by atoms with Crippen LogP contribution in [-0.4, -0.2) is 20.5 Å². The number of nitrogens with zero attached hydrogens (tertiary/aromatic N) is 1. The quantitative estimate of drug-likeness (QED) is 0.774. The summed E-state index contributed by atoms with van der Waals surface area (Å²) < 4.78 is 33.6. The molecule has 3 rings (SSSR count). The maximum atomic E-state index is 12.5. The van der Waals surface area contributed by atoms with Crippen molar-refractivity contribution in [2.45, 2.75) is 4.90 Å². The number of halogens is 1. The zero-order valence-corrected chi connectivity index (χ0v) is 13.8. The average molecular weight is 355 g/mol. The fourth-order valence-corrected chi connectivity index (χ4v) is 4.19. The van der Waals surface area contributed by atoms with E-state index in [1.165, 1.54) is 30.6 Å². The van der Waals surface area contributed by atoms with Gasteiger partial charge in [0.25, 0.3) is 10.0 Å². The number of anilines is 1. The zero-order chi connectivity index (χ0) is 15.7. The molecule has 3 aromatic rings. The first-order valence-corrected chi connectivity index (χ1v) is 8.93. The van der Waals surface area contributed by atoms with Crippen LogP contribution in [0.3, 0.4) is 0 Å². The van der Waals surface area contributed by atoms with Gasteiger partial charge in [0.15, 0.2) is 0 Å². The summed E-state index contributed by atoms with van der Waals surface area (Å²) in [6, 6.07) is 9.61. The van der Waals surface area contributed by atoms with Crippen LogP contribution in [0.2, 0.25) is 5.02 Å². The first kappa shape index (κ1) is 15.1. The first-order chi connectivity index (χ1) is 10.5. The standard InChI is InChI=1S/C14H11ClN2O3S2/c1-20-12-5-2-9(15)6-14(12)22(18,19)17-10-3-4-11-13(7-10)21-8-16-11/h2-8,17H,1H3. The Morgan fingerprint density at radius 1 is 1.23 bits per heavy atom. The van der Waals surface area contributed by atoms with Crippen molar-refractivity contribution < 1.29 is 13.2 Å². The predicted molar refractivity (Wildman–Crippen MR) is 88.4 cm³/mol. The molecule has 114 valence electrons. The molecule has 1 heterocycles. The number of rotatable bonds is 4. The van der Waals surface area contributed by atoms with Crippen LogP contribution in [0, 0.1) is 0 Å². The third kappa shape index (κ3) is 2.87. The topological polar surface area (TPSA) is 68.3 Å². The molecule has 1 aromatic heterocycles. The lowest BCUT2D eigenvalue weighted by atomic mass is 10.3. The fraction of sp³-hybridized carbons (Fsp3) is 0.0714. The van der Waals surface area contributed by atoms with Gasteiger partial charge in [0.1, 0.15) is 10.6 Å². The maximum absolute atomic E-state index is 12.5. The van der Waals surface area contributed by atoms with Gasteiger partial charge in [0, 0.05) is 5.02 Å². The van der Waals surface area contributed by atoms with E-state index >= 15 is 0 Å². The smallest absolute Gasteiger partial charge is 0.265 e. The minimum atomic E-state index is -3.81. The highest BCUT2D eigenvalue weighted by Crippen LogP contribution is 2.29. The molecule has 0 spiro atoms. The predicted octanol–water partition coefficient (Wildman–Crippen LogP) is 3.76. The second-order valence-corrected chi connectivity index (χ2v) is 7.41. The molecule has 0 bridgehead atoms. The number of sulfonamides is 1. The van der Waals surface area contributed by atoms with Crippen molar-refractivity contribution in [1.82, 2.24) is 4.98 Å².